The van der Waals surface area contributed by atoms with Crippen LogP contribution in [0.25, 0.3) is 11.0 Å². The molecular weight excluding hydrogens is 514 g/mol. The molecule has 0 spiro atoms. The molecule has 1 fully saturated rings. The molecule has 0 aliphatic carbocycles. The third-order valence-electron chi connectivity index (χ3n) is 7.12. The van der Waals surface area contributed by atoms with Crippen LogP contribution >= 0.6 is 0 Å². The van der Waals surface area contributed by atoms with Crippen LogP contribution in [-0.2, 0) is 16.6 Å². The highest BCUT2D eigenvalue weighted by Crippen LogP contribution is 2.31. The molecule has 2 atom stereocenters. The van der Waals surface area contributed by atoms with Crippen molar-refractivity contribution >= 4 is 22.7 Å². The molecule has 1 aliphatic rings. The van der Waals surface area contributed by atoms with Gasteiger partial charge in [0.1, 0.15) is 23.3 Å². The molecule has 0 radical (unpaired) electrons. The van der Waals surface area contributed by atoms with Gasteiger partial charge in [0.05, 0.1) is 24.4 Å². The summed E-state index contributed by atoms with van der Waals surface area (Å²) in [5, 5.41) is 9.48. The largest absolute Gasteiger partial charge is 0.468 e. The SMILES string of the molecule is C=C/C(=C\C=C(C)C)C(C(=CC)/C=C\C(=C)C)N1CCN(c2cc(=O)n(C)c3ccc(C#N)nc23)CC1C(=O)OC. The highest BCUT2D eigenvalue weighted by molar-refractivity contribution is 5.89. The number of fused-ring (bicyclic) bond motifs is 1. The maximum Gasteiger partial charge on any atom is 0.324 e. The lowest BCUT2D eigenvalue weighted by Gasteiger charge is -2.45. The van der Waals surface area contributed by atoms with Gasteiger partial charge in [-0.2, -0.15) is 5.26 Å². The molecule has 2 aromatic heterocycles. The molecule has 0 bridgehead atoms. The molecule has 8 nitrogen and oxygen atoms in total. The van der Waals surface area contributed by atoms with Crippen molar-refractivity contribution in [3.8, 4) is 6.07 Å². The summed E-state index contributed by atoms with van der Waals surface area (Å²) in [6, 6.07) is 5.97. The average Bonchev–Trinajstić information content (AvgIpc) is 2.97. The Labute approximate surface area is 242 Å². The molecule has 3 heterocycles. The molecule has 41 heavy (non-hydrogen) atoms. The van der Waals surface area contributed by atoms with Crippen LogP contribution in [0.3, 0.4) is 0 Å². The number of nitriles is 1. The van der Waals surface area contributed by atoms with E-state index < -0.39 is 6.04 Å². The van der Waals surface area contributed by atoms with Crippen LogP contribution in [0.5, 0.6) is 0 Å². The first-order valence-electron chi connectivity index (χ1n) is 13.5. The summed E-state index contributed by atoms with van der Waals surface area (Å²) in [7, 11) is 3.06. The van der Waals surface area contributed by atoms with Crippen molar-refractivity contribution in [1.29, 1.82) is 5.26 Å². The fraction of sp³-hybridized carbons (Fsp3) is 0.333. The molecule has 0 saturated carbocycles. The van der Waals surface area contributed by atoms with Gasteiger partial charge in [0.25, 0.3) is 5.56 Å². The number of carbonyl (C=O) groups is 1. The third kappa shape index (κ3) is 7.00. The lowest BCUT2D eigenvalue weighted by Crippen LogP contribution is -2.60. The summed E-state index contributed by atoms with van der Waals surface area (Å²) < 4.78 is 6.81. The van der Waals surface area contributed by atoms with E-state index in [0.717, 1.165) is 22.3 Å². The molecule has 2 aromatic rings. The second-order valence-corrected chi connectivity index (χ2v) is 10.3. The monoisotopic (exact) mass is 553 g/mol. The van der Waals surface area contributed by atoms with Crippen molar-refractivity contribution in [2.75, 3.05) is 31.6 Å². The quantitative estimate of drug-likeness (QED) is 0.319. The lowest BCUT2D eigenvalue weighted by molar-refractivity contribution is -0.147. The number of aryl methyl sites for hydroxylation is 1. The highest BCUT2D eigenvalue weighted by Gasteiger charge is 2.39. The molecule has 1 saturated heterocycles. The van der Waals surface area contributed by atoms with E-state index in [0.29, 0.717) is 29.8 Å². The van der Waals surface area contributed by atoms with E-state index in [1.165, 1.54) is 17.7 Å². The van der Waals surface area contributed by atoms with Gasteiger partial charge in [-0.05, 0) is 51.0 Å². The molecule has 0 amide bonds. The van der Waals surface area contributed by atoms with E-state index in [-0.39, 0.29) is 29.8 Å². The number of nitrogens with zero attached hydrogens (tertiary/aromatic N) is 5. The Kier molecular flexibility index (Phi) is 10.4. The van der Waals surface area contributed by atoms with Gasteiger partial charge in [0.2, 0.25) is 0 Å². The van der Waals surface area contributed by atoms with Crippen LogP contribution in [0.2, 0.25) is 0 Å². The number of esters is 1. The maximum absolute atomic E-state index is 13.4. The number of allylic oxidation sites excluding steroid dienone is 6. The summed E-state index contributed by atoms with van der Waals surface area (Å²) in [4.78, 5) is 34.9. The van der Waals surface area contributed by atoms with Crippen molar-refractivity contribution in [3.63, 3.8) is 0 Å². The number of hydrogen-bond donors (Lipinski definition) is 0. The van der Waals surface area contributed by atoms with Crippen LogP contribution in [0.1, 0.15) is 33.4 Å². The Morgan fingerprint density at radius 1 is 1.20 bits per heavy atom. The van der Waals surface area contributed by atoms with Crippen LogP contribution in [0.15, 0.2) is 94.9 Å². The van der Waals surface area contributed by atoms with E-state index >= 15 is 0 Å². The van der Waals surface area contributed by atoms with Gasteiger partial charge in [0, 0.05) is 32.7 Å². The predicted octanol–water partition coefficient (Wildman–Crippen LogP) is 4.99. The third-order valence-corrected chi connectivity index (χ3v) is 7.12. The fourth-order valence-electron chi connectivity index (χ4n) is 4.98. The number of carbonyl (C=O) groups excluding carboxylic acids is 1. The Morgan fingerprint density at radius 2 is 1.93 bits per heavy atom. The van der Waals surface area contributed by atoms with Gasteiger partial charge < -0.3 is 14.2 Å². The lowest BCUT2D eigenvalue weighted by atomic mass is 9.92. The maximum atomic E-state index is 13.4. The topological polar surface area (TPSA) is 91.5 Å². The normalized spacial score (nSPS) is 17.3. The molecule has 0 aromatic carbocycles. The fourth-order valence-corrected chi connectivity index (χ4v) is 4.98. The molecule has 214 valence electrons. The first kappa shape index (κ1) is 31.1. The minimum absolute atomic E-state index is 0.200. The van der Waals surface area contributed by atoms with E-state index in [9.17, 15) is 14.9 Å². The minimum atomic E-state index is -0.666. The van der Waals surface area contributed by atoms with Crippen molar-refractivity contribution in [2.45, 2.75) is 39.8 Å². The number of anilines is 1. The van der Waals surface area contributed by atoms with Crippen molar-refractivity contribution in [1.82, 2.24) is 14.5 Å². The zero-order valence-electron chi connectivity index (χ0n) is 24.8. The first-order chi connectivity index (χ1) is 19.6. The summed E-state index contributed by atoms with van der Waals surface area (Å²) in [5.41, 5.74) is 5.76. The van der Waals surface area contributed by atoms with Gasteiger partial charge in [0.15, 0.2) is 0 Å². The number of aromatic nitrogens is 2. The van der Waals surface area contributed by atoms with E-state index in [1.54, 1.807) is 19.2 Å². The summed E-state index contributed by atoms with van der Waals surface area (Å²) in [5.74, 6) is -0.386. The van der Waals surface area contributed by atoms with Crippen molar-refractivity contribution in [2.24, 2.45) is 7.05 Å². The Hall–Kier alpha value is -4.48. The molecule has 2 unspecified atom stereocenters. The molecule has 3 rings (SSSR count). The van der Waals surface area contributed by atoms with E-state index in [2.05, 4.69) is 29.1 Å². The highest BCUT2D eigenvalue weighted by atomic mass is 16.5. The molecule has 0 N–H and O–H groups in total. The van der Waals surface area contributed by atoms with Crippen molar-refractivity contribution < 1.29 is 9.53 Å². The van der Waals surface area contributed by atoms with Crippen molar-refractivity contribution in [3.05, 3.63) is 106 Å². The smallest absolute Gasteiger partial charge is 0.324 e. The number of rotatable bonds is 9. The van der Waals surface area contributed by atoms with Crippen LogP contribution < -0.4 is 10.5 Å². The Bertz CT molecular complexity index is 1560. The summed E-state index contributed by atoms with van der Waals surface area (Å²) in [6.45, 7) is 17.3. The molecule has 1 aliphatic heterocycles. The van der Waals surface area contributed by atoms with E-state index in [1.807, 2.05) is 69.1 Å². The van der Waals surface area contributed by atoms with Gasteiger partial charge in [-0.25, -0.2) is 4.98 Å². The zero-order chi connectivity index (χ0) is 30.3. The van der Waals surface area contributed by atoms with E-state index in [4.69, 9.17) is 4.74 Å². The van der Waals surface area contributed by atoms with Gasteiger partial charge in [-0.3, -0.25) is 14.5 Å². The standard InChI is InChI=1S/C33H39N5O3/c1-9-24(13-11-22(3)4)32(25(10-2)14-12-23(5)6)38-18-17-37(21-29(38)33(40)41-8)28-19-30(39)36(7)27-16-15-26(20-34)35-31(27)28/h9-16,19,29,32H,1,5,17-18,21H2,2-4,6-8H3/b14-12-,24-13+,25-10?. The van der Waals surface area contributed by atoms with Gasteiger partial charge >= 0.3 is 5.97 Å². The van der Waals surface area contributed by atoms with Crippen LogP contribution in [0.4, 0.5) is 5.69 Å². The first-order valence-corrected chi connectivity index (χ1v) is 13.5. The number of piperazine rings is 1. The summed E-state index contributed by atoms with van der Waals surface area (Å²) >= 11 is 0. The van der Waals surface area contributed by atoms with Crippen LogP contribution in [-0.4, -0.2) is 59.2 Å². The predicted molar refractivity (Wildman–Crippen MR) is 166 cm³/mol. The molecule has 8 heteroatoms. The second-order valence-electron chi connectivity index (χ2n) is 10.3. The Morgan fingerprint density at radius 3 is 2.51 bits per heavy atom. The average molecular weight is 554 g/mol. The second kappa shape index (κ2) is 13.7. The minimum Gasteiger partial charge on any atom is -0.468 e. The molecular formula is C33H39N5O3. The zero-order valence-corrected chi connectivity index (χ0v) is 24.8. The van der Waals surface area contributed by atoms with Crippen LogP contribution in [0, 0.1) is 11.3 Å². The number of methoxy groups -OCH3 is 1. The van der Waals surface area contributed by atoms with Gasteiger partial charge in [-0.1, -0.05) is 60.8 Å². The summed E-state index contributed by atoms with van der Waals surface area (Å²) in [6.07, 6.45) is 11.9. The van der Waals surface area contributed by atoms with Gasteiger partial charge in [-0.15, -0.1) is 0 Å². The number of pyridine rings is 2. The number of hydrogen-bond acceptors (Lipinski definition) is 7. The number of ether oxygens (including phenoxy) is 1. The Balaban J connectivity index is 2.17.